The Bertz CT molecular complexity index is 975. The average Bonchev–Trinajstić information content (AvgIpc) is 2.76. The van der Waals surface area contributed by atoms with Crippen molar-refractivity contribution in [2.24, 2.45) is 0 Å². The lowest BCUT2D eigenvalue weighted by molar-refractivity contribution is -0.406. The van der Waals surface area contributed by atoms with E-state index in [-0.39, 0.29) is 0 Å². The number of anilines is 1. The summed E-state index contributed by atoms with van der Waals surface area (Å²) >= 11 is 0. The lowest BCUT2D eigenvalue weighted by Gasteiger charge is -2.17. The van der Waals surface area contributed by atoms with Crippen molar-refractivity contribution >= 4 is 17.2 Å². The van der Waals surface area contributed by atoms with Crippen molar-refractivity contribution in [2.75, 3.05) is 19.0 Å². The van der Waals surface area contributed by atoms with Crippen molar-refractivity contribution in [3.8, 4) is 11.5 Å². The molecule has 1 heterocycles. The highest BCUT2D eigenvalue weighted by molar-refractivity contribution is 6.10. The number of nitrogens with zero attached hydrogens (tertiary/aromatic N) is 2. The minimum absolute atomic E-state index is 0.866. The first-order valence-electron chi connectivity index (χ1n) is 8.43. The maximum atomic E-state index is 6.23. The van der Waals surface area contributed by atoms with Crippen molar-refractivity contribution < 1.29 is 9.31 Å². The maximum absolute atomic E-state index is 6.23. The molecule has 3 aromatic rings. The molecule has 0 atom stereocenters. The topological polar surface area (TPSA) is 15.5 Å². The molecule has 0 radical (unpaired) electrons. The van der Waals surface area contributed by atoms with Gasteiger partial charge in [0.15, 0.2) is 11.4 Å². The molecular formula is C22H21N2O+. The third-order valence-corrected chi connectivity index (χ3v) is 4.69. The summed E-state index contributed by atoms with van der Waals surface area (Å²) in [6.45, 7) is 2.14. The van der Waals surface area contributed by atoms with E-state index in [1.807, 2.05) is 30.3 Å². The van der Waals surface area contributed by atoms with Gasteiger partial charge in [-0.05, 0) is 42.8 Å². The Hall–Kier alpha value is -3.07. The molecule has 0 fully saturated rings. The van der Waals surface area contributed by atoms with E-state index >= 15 is 0 Å². The molecule has 0 saturated carbocycles. The van der Waals surface area contributed by atoms with Gasteiger partial charge in [0.25, 0.3) is 5.84 Å². The third kappa shape index (κ3) is 2.58. The van der Waals surface area contributed by atoms with Gasteiger partial charge in [0.05, 0.1) is 14.1 Å². The molecule has 1 aliphatic heterocycles. The molecule has 3 nitrogen and oxygen atoms in total. The zero-order chi connectivity index (χ0) is 17.4. The first-order valence-corrected chi connectivity index (χ1v) is 8.43. The van der Waals surface area contributed by atoms with E-state index in [0.29, 0.717) is 0 Å². The molecule has 3 heteroatoms. The third-order valence-electron chi connectivity index (χ3n) is 4.69. The first-order chi connectivity index (χ1) is 12.2. The number of benzene rings is 3. The number of aryl methyl sites for hydroxylation is 1. The number of hydrogen-bond donors (Lipinski definition) is 0. The van der Waals surface area contributed by atoms with Crippen LogP contribution in [0.5, 0.6) is 11.5 Å². The molecule has 25 heavy (non-hydrogen) atoms. The van der Waals surface area contributed by atoms with Gasteiger partial charge in [-0.25, -0.2) is 9.48 Å². The van der Waals surface area contributed by atoms with Crippen LogP contribution in [0.1, 0.15) is 11.1 Å². The van der Waals surface area contributed by atoms with Crippen LogP contribution in [0, 0.1) is 6.92 Å². The summed E-state index contributed by atoms with van der Waals surface area (Å²) in [5.74, 6) is 2.83. The highest BCUT2D eigenvalue weighted by atomic mass is 16.5. The quantitative estimate of drug-likeness (QED) is 0.587. The summed E-state index contributed by atoms with van der Waals surface area (Å²) in [5.41, 5.74) is 4.54. The molecule has 0 aliphatic carbocycles. The normalized spacial score (nSPS) is 14.9. The molecule has 3 aromatic carbocycles. The smallest absolute Gasteiger partial charge is 0.293 e. The summed E-state index contributed by atoms with van der Waals surface area (Å²) in [5, 5.41) is 0. The fourth-order valence-electron chi connectivity index (χ4n) is 3.43. The Morgan fingerprint density at radius 3 is 2.24 bits per heavy atom. The Morgan fingerprint density at radius 1 is 0.800 bits per heavy atom. The molecule has 0 bridgehead atoms. The fraction of sp³-hybridized carbons (Fsp3) is 0.136. The molecule has 124 valence electrons. The monoisotopic (exact) mass is 329 g/mol. The van der Waals surface area contributed by atoms with Gasteiger partial charge >= 0.3 is 0 Å². The number of ether oxygens (including phenoxy) is 1. The molecule has 1 aliphatic rings. The van der Waals surface area contributed by atoms with Crippen LogP contribution in [-0.4, -0.2) is 24.5 Å². The molecule has 0 amide bonds. The van der Waals surface area contributed by atoms with Crippen LogP contribution in [0.2, 0.25) is 0 Å². The van der Waals surface area contributed by atoms with E-state index < -0.39 is 0 Å². The van der Waals surface area contributed by atoms with Crippen LogP contribution >= 0.6 is 0 Å². The Kier molecular flexibility index (Phi) is 3.77. The van der Waals surface area contributed by atoms with Crippen molar-refractivity contribution in [3.05, 3.63) is 83.9 Å². The number of amidine groups is 1. The van der Waals surface area contributed by atoms with Gasteiger partial charge < -0.3 is 4.74 Å². The molecule has 0 saturated heterocycles. The molecule has 0 spiro atoms. The van der Waals surface area contributed by atoms with Crippen molar-refractivity contribution in [3.63, 3.8) is 0 Å². The van der Waals surface area contributed by atoms with E-state index in [1.165, 1.54) is 11.3 Å². The summed E-state index contributed by atoms with van der Waals surface area (Å²) in [6, 6.07) is 24.8. The molecule has 0 aromatic heterocycles. The highest BCUT2D eigenvalue weighted by Crippen LogP contribution is 2.38. The van der Waals surface area contributed by atoms with Crippen LogP contribution in [-0.2, 0) is 0 Å². The van der Waals surface area contributed by atoms with Gasteiger partial charge in [0, 0.05) is 0 Å². The van der Waals surface area contributed by atoms with Crippen LogP contribution in [0.3, 0.4) is 0 Å². The van der Waals surface area contributed by atoms with Crippen LogP contribution in [0.25, 0.3) is 0 Å². The molecular weight excluding hydrogens is 308 g/mol. The predicted molar refractivity (Wildman–Crippen MR) is 102 cm³/mol. The van der Waals surface area contributed by atoms with Gasteiger partial charge in [0.2, 0.25) is 0 Å². The SMILES string of the molecule is Cc1ccccc1[N+](C)=C1c2ccccc2Oc2ccccc2N1C. The fourth-order valence-corrected chi connectivity index (χ4v) is 3.43. The Balaban J connectivity index is 2.03. The van der Waals surface area contributed by atoms with Crippen molar-refractivity contribution in [2.45, 2.75) is 6.92 Å². The molecule has 0 N–H and O–H groups in total. The number of hydrogen-bond acceptors (Lipinski definition) is 1. The summed E-state index contributed by atoms with van der Waals surface area (Å²) in [7, 11) is 4.20. The predicted octanol–water partition coefficient (Wildman–Crippen LogP) is 4.96. The highest BCUT2D eigenvalue weighted by Gasteiger charge is 2.32. The maximum Gasteiger partial charge on any atom is 0.293 e. The second-order valence-corrected chi connectivity index (χ2v) is 6.29. The lowest BCUT2D eigenvalue weighted by Crippen LogP contribution is -2.33. The summed E-state index contributed by atoms with van der Waals surface area (Å²) < 4.78 is 8.47. The van der Waals surface area contributed by atoms with E-state index in [1.54, 1.807) is 0 Å². The van der Waals surface area contributed by atoms with Gasteiger partial charge in [0.1, 0.15) is 17.0 Å². The second kappa shape index (κ2) is 6.10. The van der Waals surface area contributed by atoms with Gasteiger partial charge in [-0.1, -0.05) is 42.5 Å². The zero-order valence-corrected chi connectivity index (χ0v) is 14.7. The van der Waals surface area contributed by atoms with E-state index in [9.17, 15) is 0 Å². The van der Waals surface area contributed by atoms with Gasteiger partial charge in [-0.2, -0.15) is 0 Å². The van der Waals surface area contributed by atoms with E-state index in [4.69, 9.17) is 4.74 Å². The summed E-state index contributed by atoms with van der Waals surface area (Å²) in [4.78, 5) is 2.20. The number of fused-ring (bicyclic) bond motifs is 2. The molecule has 4 rings (SSSR count). The zero-order valence-electron chi connectivity index (χ0n) is 14.7. The largest absolute Gasteiger partial charge is 0.452 e. The van der Waals surface area contributed by atoms with E-state index in [2.05, 4.69) is 73.0 Å². The standard InChI is InChI=1S/C22H21N2O/c1-16-10-4-6-12-18(16)23(2)22-17-11-5-8-14-20(17)25-21-15-9-7-13-19(21)24(22)3/h4-15H,1-3H3/q+1. The van der Waals surface area contributed by atoms with Crippen LogP contribution in [0.15, 0.2) is 72.8 Å². The average molecular weight is 329 g/mol. The minimum atomic E-state index is 0.866. The number of rotatable bonds is 1. The Morgan fingerprint density at radius 2 is 1.44 bits per heavy atom. The molecule has 0 unspecified atom stereocenters. The first kappa shape index (κ1) is 15.5. The van der Waals surface area contributed by atoms with Gasteiger partial charge in [-0.3, -0.25) is 0 Å². The second-order valence-electron chi connectivity index (χ2n) is 6.29. The van der Waals surface area contributed by atoms with E-state index in [0.717, 1.165) is 28.6 Å². The summed E-state index contributed by atoms with van der Waals surface area (Å²) in [6.07, 6.45) is 0. The van der Waals surface area contributed by atoms with Crippen LogP contribution < -0.4 is 9.64 Å². The van der Waals surface area contributed by atoms with Crippen molar-refractivity contribution in [1.82, 2.24) is 0 Å². The van der Waals surface area contributed by atoms with Crippen LogP contribution in [0.4, 0.5) is 11.4 Å². The minimum Gasteiger partial charge on any atom is -0.452 e. The van der Waals surface area contributed by atoms with Crippen molar-refractivity contribution in [1.29, 1.82) is 0 Å². The Labute approximate surface area is 148 Å². The number of para-hydroxylation sites is 4. The lowest BCUT2D eigenvalue weighted by atomic mass is 10.1. The van der Waals surface area contributed by atoms with Gasteiger partial charge in [-0.15, -0.1) is 0 Å².